The molecule has 0 aromatic carbocycles. The van der Waals surface area contributed by atoms with E-state index in [4.69, 9.17) is 21.7 Å². The van der Waals surface area contributed by atoms with Crippen LogP contribution in [-0.4, -0.2) is 60.4 Å². The summed E-state index contributed by atoms with van der Waals surface area (Å²) >= 11 is 5.22. The van der Waals surface area contributed by atoms with E-state index in [2.05, 4.69) is 10.3 Å². The lowest BCUT2D eigenvalue weighted by Crippen LogP contribution is -2.48. The summed E-state index contributed by atoms with van der Waals surface area (Å²) < 4.78 is 10.2. The van der Waals surface area contributed by atoms with Crippen molar-refractivity contribution in [2.24, 2.45) is 0 Å². The number of hydrazine groups is 1. The molecule has 7 nitrogen and oxygen atoms in total. The molecule has 1 N–H and O–H groups in total. The topological polar surface area (TPSA) is 66.9 Å². The summed E-state index contributed by atoms with van der Waals surface area (Å²) in [5.74, 6) is 0.436. The smallest absolute Gasteiger partial charge is 0.277 e. The Balaban J connectivity index is 2.29. The number of nitrogens with one attached hydrogen (secondary N) is 1. The molecule has 8 heteroatoms. The van der Waals surface area contributed by atoms with Gasteiger partial charge < -0.3 is 14.8 Å². The Kier molecular flexibility index (Phi) is 4.79. The monoisotopic (exact) mass is 310 g/mol. The molecule has 1 saturated heterocycles. The van der Waals surface area contributed by atoms with E-state index in [0.717, 1.165) is 6.42 Å². The molecule has 1 aliphatic heterocycles. The van der Waals surface area contributed by atoms with Gasteiger partial charge in [0.05, 0.1) is 14.2 Å². The maximum absolute atomic E-state index is 12.7. The van der Waals surface area contributed by atoms with Crippen LogP contribution >= 0.6 is 12.2 Å². The Hall–Kier alpha value is -2.09. The number of nitrogens with zero attached hydrogens (tertiary/aromatic N) is 3. The van der Waals surface area contributed by atoms with Crippen LogP contribution in [0, 0.1) is 0 Å². The maximum Gasteiger partial charge on any atom is 0.277 e. The van der Waals surface area contributed by atoms with Crippen molar-refractivity contribution in [3.8, 4) is 11.8 Å². The van der Waals surface area contributed by atoms with Crippen LogP contribution in [0.1, 0.15) is 16.8 Å². The number of thiocarbonyl (C=S) groups is 1. The highest BCUT2D eigenvalue weighted by molar-refractivity contribution is 7.80. The van der Waals surface area contributed by atoms with Crippen LogP contribution in [0.15, 0.2) is 12.1 Å². The second-order valence-electron chi connectivity index (χ2n) is 4.37. The Morgan fingerprint density at radius 3 is 2.62 bits per heavy atom. The number of hydrogen-bond acceptors (Lipinski definition) is 5. The van der Waals surface area contributed by atoms with Gasteiger partial charge >= 0.3 is 0 Å². The van der Waals surface area contributed by atoms with Crippen molar-refractivity contribution in [3.05, 3.63) is 17.7 Å². The normalized spacial score (nSPS) is 14.0. The Bertz CT molecular complexity index is 552. The van der Waals surface area contributed by atoms with Crippen LogP contribution < -0.4 is 14.8 Å². The van der Waals surface area contributed by atoms with E-state index in [9.17, 15) is 4.79 Å². The van der Waals surface area contributed by atoms with E-state index in [-0.39, 0.29) is 11.8 Å². The predicted octanol–water partition coefficient (Wildman–Crippen LogP) is 0.666. The first-order valence-corrected chi connectivity index (χ1v) is 6.93. The van der Waals surface area contributed by atoms with Gasteiger partial charge in [-0.15, -0.1) is 0 Å². The molecule has 1 aromatic heterocycles. The average Bonchev–Trinajstić information content (AvgIpc) is 3.02. The summed E-state index contributed by atoms with van der Waals surface area (Å²) in [5.41, 5.74) is 0.379. The van der Waals surface area contributed by atoms with E-state index < -0.39 is 0 Å². The molecule has 2 heterocycles. The van der Waals surface area contributed by atoms with Crippen molar-refractivity contribution in [1.82, 2.24) is 20.3 Å². The third-order valence-corrected chi connectivity index (χ3v) is 3.60. The summed E-state index contributed by atoms with van der Waals surface area (Å²) in [4.78, 5) is 16.8. The largest absolute Gasteiger partial charge is 0.481 e. The number of methoxy groups -OCH3 is 2. The SMILES string of the molecule is CNC(=S)N1CCCN1C(=O)c1ccc(OC)nc1OC. The third kappa shape index (κ3) is 2.99. The molecule has 0 unspecified atom stereocenters. The molecular formula is C13H18N4O3S. The van der Waals surface area contributed by atoms with Gasteiger partial charge in [-0.2, -0.15) is 4.98 Å². The minimum Gasteiger partial charge on any atom is -0.481 e. The Morgan fingerprint density at radius 2 is 2.00 bits per heavy atom. The molecule has 0 bridgehead atoms. The molecule has 0 saturated carbocycles. The van der Waals surface area contributed by atoms with Gasteiger partial charge in [0, 0.05) is 26.2 Å². The average molecular weight is 310 g/mol. The van der Waals surface area contributed by atoms with E-state index in [1.54, 1.807) is 29.2 Å². The first-order valence-electron chi connectivity index (χ1n) is 6.52. The van der Waals surface area contributed by atoms with Crippen molar-refractivity contribution in [1.29, 1.82) is 0 Å². The van der Waals surface area contributed by atoms with Crippen LogP contribution in [0.2, 0.25) is 0 Å². The number of rotatable bonds is 3. The number of aromatic nitrogens is 1. The van der Waals surface area contributed by atoms with E-state index >= 15 is 0 Å². The molecule has 0 atom stereocenters. The fraction of sp³-hybridized carbons (Fsp3) is 0.462. The quantitative estimate of drug-likeness (QED) is 0.823. The lowest BCUT2D eigenvalue weighted by molar-refractivity contribution is 0.0489. The summed E-state index contributed by atoms with van der Waals surface area (Å²) in [5, 5.41) is 6.76. The number of ether oxygens (including phenoxy) is 2. The number of carbonyl (C=O) groups is 1. The van der Waals surface area contributed by atoms with Gasteiger partial charge in [0.15, 0.2) is 5.11 Å². The fourth-order valence-corrected chi connectivity index (χ4v) is 2.35. The fourth-order valence-electron chi connectivity index (χ4n) is 2.16. The van der Waals surface area contributed by atoms with Crippen LogP contribution in [0.3, 0.4) is 0 Å². The zero-order valence-corrected chi connectivity index (χ0v) is 13.1. The first-order chi connectivity index (χ1) is 10.1. The van der Waals surface area contributed by atoms with Crippen LogP contribution in [0.5, 0.6) is 11.8 Å². The van der Waals surface area contributed by atoms with Gasteiger partial charge in [0.1, 0.15) is 5.56 Å². The maximum atomic E-state index is 12.7. The van der Waals surface area contributed by atoms with E-state index in [1.165, 1.54) is 14.2 Å². The highest BCUT2D eigenvalue weighted by atomic mass is 32.1. The second kappa shape index (κ2) is 6.57. The van der Waals surface area contributed by atoms with Gasteiger partial charge in [-0.25, -0.2) is 5.01 Å². The Morgan fingerprint density at radius 1 is 1.29 bits per heavy atom. The summed E-state index contributed by atoms with van der Waals surface area (Å²) in [7, 11) is 4.72. The number of carbonyl (C=O) groups excluding carboxylic acids is 1. The van der Waals surface area contributed by atoms with Crippen LogP contribution in [0.4, 0.5) is 0 Å². The number of pyridine rings is 1. The standard InChI is InChI=1S/C13H18N4O3S/c1-14-13(21)17-8-4-7-16(17)12(18)9-5-6-10(19-2)15-11(9)20-3/h5-6H,4,7-8H2,1-3H3,(H,14,21). The molecule has 0 radical (unpaired) electrons. The summed E-state index contributed by atoms with van der Waals surface area (Å²) in [6.45, 7) is 1.31. The minimum absolute atomic E-state index is 0.197. The lowest BCUT2D eigenvalue weighted by atomic mass is 10.2. The zero-order valence-electron chi connectivity index (χ0n) is 12.3. The van der Waals surface area contributed by atoms with Crippen molar-refractivity contribution < 1.29 is 14.3 Å². The van der Waals surface area contributed by atoms with E-state index in [0.29, 0.717) is 29.6 Å². The predicted molar refractivity (Wildman–Crippen MR) is 81.4 cm³/mol. The highest BCUT2D eigenvalue weighted by Crippen LogP contribution is 2.23. The molecule has 0 aliphatic carbocycles. The van der Waals surface area contributed by atoms with Gasteiger partial charge in [-0.1, -0.05) is 0 Å². The van der Waals surface area contributed by atoms with Crippen LogP contribution in [0.25, 0.3) is 0 Å². The molecule has 2 rings (SSSR count). The van der Waals surface area contributed by atoms with Crippen molar-refractivity contribution >= 4 is 23.2 Å². The van der Waals surface area contributed by atoms with Gasteiger partial charge in [-0.3, -0.25) is 9.80 Å². The molecule has 114 valence electrons. The zero-order chi connectivity index (χ0) is 15.4. The minimum atomic E-state index is -0.197. The first kappa shape index (κ1) is 15.3. The molecule has 1 aromatic rings. The Labute approximate surface area is 128 Å². The van der Waals surface area contributed by atoms with Crippen molar-refractivity contribution in [2.75, 3.05) is 34.4 Å². The molecule has 1 aliphatic rings. The van der Waals surface area contributed by atoms with Crippen molar-refractivity contribution in [2.45, 2.75) is 6.42 Å². The number of hydrogen-bond donors (Lipinski definition) is 1. The third-order valence-electron chi connectivity index (χ3n) is 3.18. The molecule has 1 amide bonds. The molecular weight excluding hydrogens is 292 g/mol. The van der Waals surface area contributed by atoms with Gasteiger partial charge in [-0.05, 0) is 24.7 Å². The van der Waals surface area contributed by atoms with Gasteiger partial charge in [0.25, 0.3) is 5.91 Å². The molecule has 1 fully saturated rings. The molecule has 0 spiro atoms. The molecule has 21 heavy (non-hydrogen) atoms. The second-order valence-corrected chi connectivity index (χ2v) is 4.76. The lowest BCUT2D eigenvalue weighted by Gasteiger charge is -2.29. The van der Waals surface area contributed by atoms with Crippen LogP contribution in [-0.2, 0) is 0 Å². The van der Waals surface area contributed by atoms with Gasteiger partial charge in [0.2, 0.25) is 11.8 Å². The summed E-state index contributed by atoms with van der Waals surface area (Å²) in [6, 6.07) is 3.28. The highest BCUT2D eigenvalue weighted by Gasteiger charge is 2.31. The summed E-state index contributed by atoms with van der Waals surface area (Å²) in [6.07, 6.45) is 0.861. The van der Waals surface area contributed by atoms with Crippen molar-refractivity contribution in [3.63, 3.8) is 0 Å². The van der Waals surface area contributed by atoms with E-state index in [1.807, 2.05) is 0 Å². The number of amides is 1.